The second-order valence-corrected chi connectivity index (χ2v) is 5.35. The van der Waals surface area contributed by atoms with Crippen LogP contribution in [0.1, 0.15) is 43.6 Å². The molecule has 0 bridgehead atoms. The maximum atomic E-state index is 12.1. The van der Waals surface area contributed by atoms with Gasteiger partial charge in [-0.2, -0.15) is 0 Å². The summed E-state index contributed by atoms with van der Waals surface area (Å²) < 4.78 is 1.93. The van der Waals surface area contributed by atoms with Crippen molar-refractivity contribution < 1.29 is 4.79 Å². The van der Waals surface area contributed by atoms with E-state index in [1.807, 2.05) is 48.1 Å². The van der Waals surface area contributed by atoms with Crippen LogP contribution in [-0.4, -0.2) is 22.1 Å². The standard InChI is InChI=1S/C17H24N4O/c1-3-4-8-11-19-17(22)20-15(14-9-6-5-7-10-14)16-18-12-13-21(16)2/h5-7,9-10,12-13,15H,3-4,8,11H2,1-2H3,(H2,19,20,22)/t15-/m0/s1. The van der Waals surface area contributed by atoms with Crippen LogP contribution in [-0.2, 0) is 7.05 Å². The number of carbonyl (C=O) groups excluding carboxylic acids is 1. The molecule has 2 rings (SSSR count). The second kappa shape index (κ2) is 8.22. The van der Waals surface area contributed by atoms with Crippen molar-refractivity contribution in [3.63, 3.8) is 0 Å². The normalized spacial score (nSPS) is 11.9. The Balaban J connectivity index is 2.06. The van der Waals surface area contributed by atoms with Gasteiger partial charge >= 0.3 is 6.03 Å². The van der Waals surface area contributed by atoms with E-state index < -0.39 is 0 Å². The van der Waals surface area contributed by atoms with Crippen LogP contribution < -0.4 is 10.6 Å². The molecule has 1 heterocycles. The molecule has 2 N–H and O–H groups in total. The zero-order valence-corrected chi connectivity index (χ0v) is 13.2. The fourth-order valence-electron chi connectivity index (χ4n) is 2.36. The molecule has 0 radical (unpaired) electrons. The molecule has 0 aliphatic rings. The van der Waals surface area contributed by atoms with Gasteiger partial charge in [-0.15, -0.1) is 0 Å². The SMILES string of the molecule is CCCCCNC(=O)N[C@@H](c1ccccc1)c1nccn1C. The van der Waals surface area contributed by atoms with Crippen molar-refractivity contribution in [1.82, 2.24) is 20.2 Å². The molecular weight excluding hydrogens is 276 g/mol. The molecule has 5 nitrogen and oxygen atoms in total. The van der Waals surface area contributed by atoms with Gasteiger partial charge in [0.05, 0.1) is 0 Å². The Morgan fingerprint density at radius 3 is 2.68 bits per heavy atom. The predicted octanol–water partition coefficient (Wildman–Crippen LogP) is 3.00. The number of nitrogens with zero attached hydrogens (tertiary/aromatic N) is 2. The largest absolute Gasteiger partial charge is 0.338 e. The average Bonchev–Trinajstić information content (AvgIpc) is 2.96. The highest BCUT2D eigenvalue weighted by molar-refractivity contribution is 5.74. The number of hydrogen-bond acceptors (Lipinski definition) is 2. The number of hydrogen-bond donors (Lipinski definition) is 2. The topological polar surface area (TPSA) is 59.0 Å². The van der Waals surface area contributed by atoms with E-state index in [1.54, 1.807) is 6.20 Å². The summed E-state index contributed by atoms with van der Waals surface area (Å²) in [6.45, 7) is 2.84. The predicted molar refractivity (Wildman–Crippen MR) is 87.6 cm³/mol. The molecule has 0 aliphatic heterocycles. The summed E-state index contributed by atoms with van der Waals surface area (Å²) >= 11 is 0. The van der Waals surface area contributed by atoms with E-state index in [0.717, 1.165) is 30.7 Å². The van der Waals surface area contributed by atoms with E-state index in [1.165, 1.54) is 0 Å². The minimum Gasteiger partial charge on any atom is -0.338 e. The van der Waals surface area contributed by atoms with E-state index in [0.29, 0.717) is 6.54 Å². The molecular formula is C17H24N4O. The van der Waals surface area contributed by atoms with Gasteiger partial charge in [0.1, 0.15) is 11.9 Å². The van der Waals surface area contributed by atoms with Crippen LogP contribution in [0.25, 0.3) is 0 Å². The number of unbranched alkanes of at least 4 members (excludes halogenated alkanes) is 2. The Labute approximate surface area is 131 Å². The molecule has 5 heteroatoms. The maximum Gasteiger partial charge on any atom is 0.315 e. The van der Waals surface area contributed by atoms with Gasteiger partial charge in [0.15, 0.2) is 0 Å². The van der Waals surface area contributed by atoms with Crippen LogP contribution in [0.3, 0.4) is 0 Å². The average molecular weight is 300 g/mol. The van der Waals surface area contributed by atoms with Crippen molar-refractivity contribution in [3.8, 4) is 0 Å². The van der Waals surface area contributed by atoms with Crippen molar-refractivity contribution >= 4 is 6.03 Å². The molecule has 0 fully saturated rings. The summed E-state index contributed by atoms with van der Waals surface area (Å²) in [7, 11) is 1.93. The Kier molecular flexibility index (Phi) is 6.01. The second-order valence-electron chi connectivity index (χ2n) is 5.35. The number of imidazole rings is 1. The first-order valence-corrected chi connectivity index (χ1v) is 7.79. The molecule has 118 valence electrons. The Morgan fingerprint density at radius 1 is 1.27 bits per heavy atom. The van der Waals surface area contributed by atoms with E-state index in [4.69, 9.17) is 0 Å². The molecule has 0 unspecified atom stereocenters. The first kappa shape index (κ1) is 16.1. The highest BCUT2D eigenvalue weighted by atomic mass is 16.2. The number of aromatic nitrogens is 2. The zero-order valence-electron chi connectivity index (χ0n) is 13.2. The van der Waals surface area contributed by atoms with Crippen LogP contribution in [0, 0.1) is 0 Å². The Hall–Kier alpha value is -2.30. The van der Waals surface area contributed by atoms with Crippen LogP contribution in [0.5, 0.6) is 0 Å². The lowest BCUT2D eigenvalue weighted by atomic mass is 10.1. The molecule has 1 atom stereocenters. The number of urea groups is 1. The third-order valence-electron chi connectivity index (χ3n) is 3.59. The Bertz CT molecular complexity index is 579. The molecule has 1 aromatic carbocycles. The van der Waals surface area contributed by atoms with Gasteiger partial charge in [-0.3, -0.25) is 0 Å². The summed E-state index contributed by atoms with van der Waals surface area (Å²) in [5.41, 5.74) is 1.01. The van der Waals surface area contributed by atoms with Gasteiger partial charge < -0.3 is 15.2 Å². The van der Waals surface area contributed by atoms with Gasteiger partial charge in [-0.1, -0.05) is 50.1 Å². The summed E-state index contributed by atoms with van der Waals surface area (Å²) in [4.78, 5) is 16.5. The monoisotopic (exact) mass is 300 g/mol. The first-order valence-electron chi connectivity index (χ1n) is 7.79. The number of amides is 2. The van der Waals surface area contributed by atoms with Crippen LogP contribution in [0.15, 0.2) is 42.7 Å². The lowest BCUT2D eigenvalue weighted by molar-refractivity contribution is 0.238. The molecule has 0 saturated heterocycles. The molecule has 1 aromatic heterocycles. The highest BCUT2D eigenvalue weighted by Crippen LogP contribution is 2.19. The minimum atomic E-state index is -0.257. The van der Waals surface area contributed by atoms with Gasteiger partial charge in [-0.25, -0.2) is 9.78 Å². The zero-order chi connectivity index (χ0) is 15.8. The third-order valence-corrected chi connectivity index (χ3v) is 3.59. The lowest BCUT2D eigenvalue weighted by Gasteiger charge is -2.19. The molecule has 0 aliphatic carbocycles. The van der Waals surface area contributed by atoms with Crippen molar-refractivity contribution in [2.24, 2.45) is 7.05 Å². The van der Waals surface area contributed by atoms with Gasteiger partial charge in [0, 0.05) is 26.0 Å². The van der Waals surface area contributed by atoms with Gasteiger partial charge in [0.25, 0.3) is 0 Å². The summed E-state index contributed by atoms with van der Waals surface area (Å²) in [6, 6.07) is 9.47. The molecule has 22 heavy (non-hydrogen) atoms. The lowest BCUT2D eigenvalue weighted by Crippen LogP contribution is -2.39. The van der Waals surface area contributed by atoms with E-state index in [9.17, 15) is 4.79 Å². The number of aryl methyl sites for hydroxylation is 1. The molecule has 0 saturated carbocycles. The summed E-state index contributed by atoms with van der Waals surface area (Å²) in [6.07, 6.45) is 6.89. The van der Waals surface area contributed by atoms with Gasteiger partial charge in [0.2, 0.25) is 0 Å². The number of carbonyl (C=O) groups is 1. The van der Waals surface area contributed by atoms with Crippen LogP contribution in [0.2, 0.25) is 0 Å². The van der Waals surface area contributed by atoms with Crippen LogP contribution >= 0.6 is 0 Å². The number of rotatable bonds is 7. The first-order chi connectivity index (χ1) is 10.7. The van der Waals surface area contributed by atoms with Crippen molar-refractivity contribution in [2.45, 2.75) is 32.2 Å². The smallest absolute Gasteiger partial charge is 0.315 e. The third kappa shape index (κ3) is 4.35. The highest BCUT2D eigenvalue weighted by Gasteiger charge is 2.20. The fourth-order valence-corrected chi connectivity index (χ4v) is 2.36. The number of benzene rings is 1. The minimum absolute atomic E-state index is 0.159. The number of nitrogens with one attached hydrogen (secondary N) is 2. The van der Waals surface area contributed by atoms with Crippen molar-refractivity contribution in [3.05, 3.63) is 54.1 Å². The van der Waals surface area contributed by atoms with Crippen molar-refractivity contribution in [2.75, 3.05) is 6.54 Å². The quantitative estimate of drug-likeness (QED) is 0.772. The molecule has 2 aromatic rings. The van der Waals surface area contributed by atoms with Crippen LogP contribution in [0.4, 0.5) is 4.79 Å². The van der Waals surface area contributed by atoms with Crippen molar-refractivity contribution in [1.29, 1.82) is 0 Å². The molecule has 2 amide bonds. The van der Waals surface area contributed by atoms with E-state index >= 15 is 0 Å². The maximum absolute atomic E-state index is 12.1. The summed E-state index contributed by atoms with van der Waals surface area (Å²) in [5, 5.41) is 5.93. The fraction of sp³-hybridized carbons (Fsp3) is 0.412. The van der Waals surface area contributed by atoms with E-state index in [2.05, 4.69) is 22.5 Å². The Morgan fingerprint density at radius 2 is 2.05 bits per heavy atom. The van der Waals surface area contributed by atoms with Gasteiger partial charge in [-0.05, 0) is 12.0 Å². The summed E-state index contributed by atoms with van der Waals surface area (Å²) in [5.74, 6) is 0.815. The molecule has 0 spiro atoms. The van der Waals surface area contributed by atoms with E-state index in [-0.39, 0.29) is 12.1 Å².